The van der Waals surface area contributed by atoms with E-state index >= 15 is 0 Å². The van der Waals surface area contributed by atoms with Gasteiger partial charge in [0, 0.05) is 5.56 Å². The van der Waals surface area contributed by atoms with E-state index in [1.54, 1.807) is 35.8 Å². The summed E-state index contributed by atoms with van der Waals surface area (Å²) in [6, 6.07) is 13.0. The molecule has 0 N–H and O–H groups in total. The van der Waals surface area contributed by atoms with Crippen LogP contribution in [-0.2, 0) is 16.1 Å². The third-order valence-corrected chi connectivity index (χ3v) is 5.62. The molecule has 0 fully saturated rings. The van der Waals surface area contributed by atoms with Crippen molar-refractivity contribution in [3.05, 3.63) is 58.4 Å². The van der Waals surface area contributed by atoms with Crippen LogP contribution in [0.15, 0.2) is 47.5 Å². The van der Waals surface area contributed by atoms with Gasteiger partial charge in [-0.1, -0.05) is 31.3 Å². The lowest BCUT2D eigenvalue weighted by Gasteiger charge is -2.07. The quantitative estimate of drug-likeness (QED) is 0.521. The molecule has 0 radical (unpaired) electrons. The highest BCUT2D eigenvalue weighted by atomic mass is 32.1. The molecule has 0 spiro atoms. The molecular formula is C23H26N2O4S. The van der Waals surface area contributed by atoms with Crippen LogP contribution in [0.5, 0.6) is 5.75 Å². The second-order valence-electron chi connectivity index (χ2n) is 7.03. The first-order valence-corrected chi connectivity index (χ1v) is 10.8. The summed E-state index contributed by atoms with van der Waals surface area (Å²) in [7, 11) is 0. The second-order valence-corrected chi connectivity index (χ2v) is 8.04. The molecular weight excluding hydrogens is 400 g/mol. The summed E-state index contributed by atoms with van der Waals surface area (Å²) >= 11 is 1.39. The Morgan fingerprint density at radius 3 is 2.43 bits per heavy atom. The number of aromatic nitrogens is 1. The van der Waals surface area contributed by atoms with Gasteiger partial charge in [-0.2, -0.15) is 4.99 Å². The number of nitrogens with zero attached hydrogens (tertiary/aromatic N) is 2. The van der Waals surface area contributed by atoms with E-state index in [9.17, 15) is 9.59 Å². The van der Waals surface area contributed by atoms with Crippen molar-refractivity contribution in [1.82, 2.24) is 4.57 Å². The minimum absolute atomic E-state index is 0.00422. The minimum Gasteiger partial charge on any atom is -0.494 e. The fourth-order valence-electron chi connectivity index (χ4n) is 3.03. The summed E-state index contributed by atoms with van der Waals surface area (Å²) in [6.45, 7) is 8.80. The zero-order valence-electron chi connectivity index (χ0n) is 17.7. The molecule has 0 saturated heterocycles. The molecule has 1 heterocycles. The van der Waals surface area contributed by atoms with E-state index in [0.29, 0.717) is 35.2 Å². The van der Waals surface area contributed by atoms with Crippen LogP contribution in [-0.4, -0.2) is 29.7 Å². The van der Waals surface area contributed by atoms with Gasteiger partial charge in [0.2, 0.25) is 0 Å². The molecule has 6 nitrogen and oxygen atoms in total. The first-order valence-electron chi connectivity index (χ1n) is 10.0. The highest BCUT2D eigenvalue weighted by Gasteiger charge is 2.14. The summed E-state index contributed by atoms with van der Waals surface area (Å²) < 4.78 is 13.3. The van der Waals surface area contributed by atoms with Gasteiger partial charge < -0.3 is 14.0 Å². The Balaban J connectivity index is 2.05. The van der Waals surface area contributed by atoms with Crippen LogP contribution in [0.1, 0.15) is 49.5 Å². The van der Waals surface area contributed by atoms with Crippen molar-refractivity contribution in [3.8, 4) is 5.75 Å². The fraction of sp³-hybridized carbons (Fsp3) is 0.348. The number of rotatable bonds is 7. The number of hydrogen-bond donors (Lipinski definition) is 0. The van der Waals surface area contributed by atoms with Crippen LogP contribution >= 0.6 is 11.3 Å². The van der Waals surface area contributed by atoms with Gasteiger partial charge in [-0.25, -0.2) is 0 Å². The third-order valence-electron chi connectivity index (χ3n) is 4.58. The molecule has 1 aromatic heterocycles. The third kappa shape index (κ3) is 4.97. The van der Waals surface area contributed by atoms with Gasteiger partial charge >= 0.3 is 5.97 Å². The Hall–Kier alpha value is -2.93. The molecule has 0 bridgehead atoms. The number of carbonyl (C=O) groups excluding carboxylic acids is 2. The lowest BCUT2D eigenvalue weighted by molar-refractivity contribution is -0.143. The molecule has 1 amide bonds. The highest BCUT2D eigenvalue weighted by Crippen LogP contribution is 2.24. The zero-order chi connectivity index (χ0) is 21.7. The number of hydrogen-bond acceptors (Lipinski definition) is 5. The maximum atomic E-state index is 12.8. The van der Waals surface area contributed by atoms with E-state index in [-0.39, 0.29) is 18.4 Å². The lowest BCUT2D eigenvalue weighted by atomic mass is 10.0. The lowest BCUT2D eigenvalue weighted by Crippen LogP contribution is -2.23. The Kier molecular flexibility index (Phi) is 7.05. The molecule has 2 aromatic carbocycles. The van der Waals surface area contributed by atoms with Gasteiger partial charge in [0.15, 0.2) is 4.80 Å². The van der Waals surface area contributed by atoms with Crippen molar-refractivity contribution < 1.29 is 19.1 Å². The van der Waals surface area contributed by atoms with Gasteiger partial charge in [0.25, 0.3) is 5.91 Å². The van der Waals surface area contributed by atoms with Crippen LogP contribution in [0.4, 0.5) is 0 Å². The summed E-state index contributed by atoms with van der Waals surface area (Å²) in [5.74, 6) is 0.349. The SMILES string of the molecule is CCOC(=O)Cn1c(=NC(=O)c2ccc(OCC)cc2)sc2cc(C(C)C)ccc21. The minimum atomic E-state index is -0.369. The average Bonchev–Trinajstić information content (AvgIpc) is 3.05. The Labute approximate surface area is 179 Å². The smallest absolute Gasteiger partial charge is 0.326 e. The van der Waals surface area contributed by atoms with Gasteiger partial charge in [0.05, 0.1) is 23.4 Å². The molecule has 0 unspecified atom stereocenters. The summed E-state index contributed by atoms with van der Waals surface area (Å²) in [6.07, 6.45) is 0. The second kappa shape index (κ2) is 9.71. The van der Waals surface area contributed by atoms with Gasteiger partial charge in [-0.05, 0) is 61.7 Å². The maximum absolute atomic E-state index is 12.8. The predicted octanol–water partition coefficient (Wildman–Crippen LogP) is 4.53. The molecule has 7 heteroatoms. The predicted molar refractivity (Wildman–Crippen MR) is 118 cm³/mol. The maximum Gasteiger partial charge on any atom is 0.326 e. The Morgan fingerprint density at radius 1 is 1.07 bits per heavy atom. The Morgan fingerprint density at radius 2 is 1.80 bits per heavy atom. The number of amides is 1. The number of thiazole rings is 1. The first-order chi connectivity index (χ1) is 14.4. The average molecular weight is 427 g/mol. The van der Waals surface area contributed by atoms with Crippen LogP contribution in [0.25, 0.3) is 10.2 Å². The van der Waals surface area contributed by atoms with Crippen LogP contribution in [0.3, 0.4) is 0 Å². The molecule has 0 aliphatic carbocycles. The molecule has 0 aliphatic rings. The fourth-order valence-corrected chi connectivity index (χ4v) is 4.11. The van der Waals surface area contributed by atoms with Crippen molar-refractivity contribution in [2.75, 3.05) is 13.2 Å². The zero-order valence-corrected chi connectivity index (χ0v) is 18.5. The molecule has 158 valence electrons. The van der Waals surface area contributed by atoms with Crippen molar-refractivity contribution in [3.63, 3.8) is 0 Å². The number of esters is 1. The van der Waals surface area contributed by atoms with Crippen molar-refractivity contribution in [1.29, 1.82) is 0 Å². The van der Waals surface area contributed by atoms with Gasteiger partial charge in [-0.15, -0.1) is 0 Å². The Bertz CT molecular complexity index is 1110. The van der Waals surface area contributed by atoms with E-state index in [2.05, 4.69) is 24.9 Å². The number of carbonyl (C=O) groups is 2. The van der Waals surface area contributed by atoms with Crippen molar-refractivity contribution in [2.24, 2.45) is 4.99 Å². The molecule has 0 atom stereocenters. The van der Waals surface area contributed by atoms with E-state index < -0.39 is 0 Å². The van der Waals surface area contributed by atoms with E-state index in [0.717, 1.165) is 10.2 Å². The number of benzene rings is 2. The molecule has 3 rings (SSSR count). The van der Waals surface area contributed by atoms with Crippen molar-refractivity contribution >= 4 is 33.4 Å². The highest BCUT2D eigenvalue weighted by molar-refractivity contribution is 7.16. The van der Waals surface area contributed by atoms with Crippen LogP contribution in [0.2, 0.25) is 0 Å². The van der Waals surface area contributed by atoms with E-state index in [4.69, 9.17) is 9.47 Å². The standard InChI is InChI=1S/C23H26N2O4S/c1-5-28-18-10-7-16(8-11-18)22(27)24-23-25(14-21(26)29-6-2)19-12-9-17(15(3)4)13-20(19)30-23/h7-13,15H,5-6,14H2,1-4H3. The normalized spacial score (nSPS) is 11.8. The topological polar surface area (TPSA) is 69.9 Å². The van der Waals surface area contributed by atoms with Gasteiger partial charge in [0.1, 0.15) is 12.3 Å². The summed E-state index contributed by atoms with van der Waals surface area (Å²) in [4.78, 5) is 29.7. The van der Waals surface area contributed by atoms with Crippen LogP contribution in [0, 0.1) is 0 Å². The summed E-state index contributed by atoms with van der Waals surface area (Å²) in [5.41, 5.74) is 2.51. The first kappa shape index (κ1) is 21.8. The number of fused-ring (bicyclic) bond motifs is 1. The van der Waals surface area contributed by atoms with E-state index in [1.807, 2.05) is 19.1 Å². The largest absolute Gasteiger partial charge is 0.494 e. The molecule has 0 aliphatic heterocycles. The van der Waals surface area contributed by atoms with Gasteiger partial charge in [-0.3, -0.25) is 9.59 Å². The molecule has 3 aromatic rings. The van der Waals surface area contributed by atoms with Crippen molar-refractivity contribution in [2.45, 2.75) is 40.2 Å². The molecule has 0 saturated carbocycles. The summed E-state index contributed by atoms with van der Waals surface area (Å²) in [5, 5.41) is 0. The molecule has 30 heavy (non-hydrogen) atoms. The number of ether oxygens (including phenoxy) is 2. The monoisotopic (exact) mass is 426 g/mol. The van der Waals surface area contributed by atoms with Crippen LogP contribution < -0.4 is 9.54 Å². The van der Waals surface area contributed by atoms with E-state index in [1.165, 1.54) is 16.9 Å².